The molecule has 152 valence electrons. The second-order valence-corrected chi connectivity index (χ2v) is 7.97. The second-order valence-electron chi connectivity index (χ2n) is 7.97. The van der Waals surface area contributed by atoms with Gasteiger partial charge in [-0.3, -0.25) is 4.90 Å². The summed E-state index contributed by atoms with van der Waals surface area (Å²) in [5.74, 6) is 1.22. The van der Waals surface area contributed by atoms with Crippen molar-refractivity contribution in [2.24, 2.45) is 0 Å². The van der Waals surface area contributed by atoms with Crippen LogP contribution in [0.25, 0.3) is 5.69 Å². The lowest BCUT2D eigenvalue weighted by Crippen LogP contribution is -2.52. The standard InChI is InChI=1S/C22H24N8/c1-16-6-9-30(16)20-7-8-28(13-20)18-2-4-19(5-3-18)29-14-22(26-15-29)27-21-12-24-17(10-23)11-25-21/h2-5,11-12,14-16,20H,6-9,13H2,1H3,(H,25,27)/t16-,20?/m0/s1. The molecule has 8 heteroatoms. The molecule has 3 aromatic rings. The fourth-order valence-corrected chi connectivity index (χ4v) is 4.27. The van der Waals surface area contributed by atoms with Crippen molar-refractivity contribution >= 4 is 17.3 Å². The number of likely N-dealkylation sites (tertiary alicyclic amines) is 1. The topological polar surface area (TPSA) is 85.9 Å². The maximum atomic E-state index is 8.80. The van der Waals surface area contributed by atoms with Gasteiger partial charge in [0.15, 0.2) is 5.69 Å². The van der Waals surface area contributed by atoms with Crippen LogP contribution < -0.4 is 10.2 Å². The van der Waals surface area contributed by atoms with Crippen LogP contribution in [-0.4, -0.2) is 56.1 Å². The third kappa shape index (κ3) is 3.60. The minimum Gasteiger partial charge on any atom is -0.370 e. The Morgan fingerprint density at radius 1 is 1.00 bits per heavy atom. The molecule has 2 aliphatic heterocycles. The number of nitrogens with one attached hydrogen (secondary N) is 1. The van der Waals surface area contributed by atoms with Crippen molar-refractivity contribution < 1.29 is 0 Å². The quantitative estimate of drug-likeness (QED) is 0.705. The van der Waals surface area contributed by atoms with Gasteiger partial charge in [-0.25, -0.2) is 15.0 Å². The maximum Gasteiger partial charge on any atom is 0.158 e. The molecule has 1 unspecified atom stereocenters. The molecule has 2 fully saturated rings. The molecule has 5 rings (SSSR count). The number of imidazole rings is 1. The van der Waals surface area contributed by atoms with Crippen molar-refractivity contribution in [3.05, 3.63) is 54.9 Å². The van der Waals surface area contributed by atoms with E-state index in [-0.39, 0.29) is 5.69 Å². The van der Waals surface area contributed by atoms with E-state index in [0.29, 0.717) is 17.7 Å². The molecule has 0 aliphatic carbocycles. The first-order chi connectivity index (χ1) is 14.7. The minimum absolute atomic E-state index is 0.287. The highest BCUT2D eigenvalue weighted by Gasteiger charge is 2.34. The lowest BCUT2D eigenvalue weighted by atomic mass is 10.0. The molecule has 2 aromatic heterocycles. The van der Waals surface area contributed by atoms with Gasteiger partial charge in [0.05, 0.1) is 18.6 Å². The fraction of sp³-hybridized carbons (Fsp3) is 0.364. The van der Waals surface area contributed by atoms with Gasteiger partial charge in [0.1, 0.15) is 24.0 Å². The Labute approximate surface area is 175 Å². The van der Waals surface area contributed by atoms with Gasteiger partial charge in [0, 0.05) is 43.1 Å². The van der Waals surface area contributed by atoms with Gasteiger partial charge in [-0.05, 0) is 44.0 Å². The van der Waals surface area contributed by atoms with Crippen molar-refractivity contribution in [3.8, 4) is 11.8 Å². The van der Waals surface area contributed by atoms with Gasteiger partial charge in [-0.1, -0.05) is 0 Å². The number of rotatable bonds is 5. The fourth-order valence-electron chi connectivity index (χ4n) is 4.27. The van der Waals surface area contributed by atoms with E-state index < -0.39 is 0 Å². The van der Waals surface area contributed by atoms with E-state index in [1.165, 1.54) is 37.5 Å². The van der Waals surface area contributed by atoms with E-state index in [2.05, 4.69) is 61.3 Å². The van der Waals surface area contributed by atoms with Gasteiger partial charge in [0.25, 0.3) is 0 Å². The first-order valence-electron chi connectivity index (χ1n) is 10.3. The summed E-state index contributed by atoms with van der Waals surface area (Å²) in [6.07, 6.45) is 9.23. The summed E-state index contributed by atoms with van der Waals surface area (Å²) in [4.78, 5) is 17.7. The van der Waals surface area contributed by atoms with Crippen molar-refractivity contribution in [3.63, 3.8) is 0 Å². The zero-order valence-corrected chi connectivity index (χ0v) is 16.9. The summed E-state index contributed by atoms with van der Waals surface area (Å²) in [5.41, 5.74) is 2.62. The minimum atomic E-state index is 0.287. The summed E-state index contributed by atoms with van der Waals surface area (Å²) in [6, 6.07) is 12.0. The second kappa shape index (κ2) is 7.76. The Balaban J connectivity index is 1.23. The van der Waals surface area contributed by atoms with E-state index in [1.807, 2.05) is 16.8 Å². The number of nitriles is 1. The van der Waals surface area contributed by atoms with Crippen LogP contribution in [0.2, 0.25) is 0 Å². The molecule has 4 heterocycles. The van der Waals surface area contributed by atoms with Crippen LogP contribution in [0.1, 0.15) is 25.5 Å². The average molecular weight is 400 g/mol. The molecule has 0 bridgehead atoms. The van der Waals surface area contributed by atoms with Crippen molar-refractivity contribution in [1.82, 2.24) is 24.4 Å². The number of aromatic nitrogens is 4. The number of hydrogen-bond acceptors (Lipinski definition) is 7. The van der Waals surface area contributed by atoms with Crippen molar-refractivity contribution in [1.29, 1.82) is 5.26 Å². The first kappa shape index (κ1) is 18.6. The molecule has 0 spiro atoms. The summed E-state index contributed by atoms with van der Waals surface area (Å²) in [6.45, 7) is 5.83. The van der Waals surface area contributed by atoms with E-state index in [4.69, 9.17) is 5.26 Å². The highest BCUT2D eigenvalue weighted by molar-refractivity contribution is 5.54. The van der Waals surface area contributed by atoms with Crippen molar-refractivity contribution in [2.75, 3.05) is 29.9 Å². The van der Waals surface area contributed by atoms with Gasteiger partial charge >= 0.3 is 0 Å². The first-order valence-corrected chi connectivity index (χ1v) is 10.3. The molecule has 2 saturated heterocycles. The van der Waals surface area contributed by atoms with Gasteiger partial charge in [-0.2, -0.15) is 5.26 Å². The molecule has 2 atom stereocenters. The molecule has 1 N–H and O–H groups in total. The molecule has 2 aliphatic rings. The summed E-state index contributed by atoms with van der Waals surface area (Å²) < 4.78 is 1.97. The predicted octanol–water partition coefficient (Wildman–Crippen LogP) is 2.95. The number of nitrogens with zero attached hydrogens (tertiary/aromatic N) is 7. The number of hydrogen-bond donors (Lipinski definition) is 1. The Hall–Kier alpha value is -3.44. The van der Waals surface area contributed by atoms with Crippen LogP contribution in [0, 0.1) is 11.3 Å². The van der Waals surface area contributed by atoms with Gasteiger partial charge in [0.2, 0.25) is 0 Å². The van der Waals surface area contributed by atoms with E-state index in [0.717, 1.165) is 24.8 Å². The van der Waals surface area contributed by atoms with E-state index >= 15 is 0 Å². The number of benzene rings is 1. The van der Waals surface area contributed by atoms with Crippen LogP contribution in [0.15, 0.2) is 49.2 Å². The zero-order valence-electron chi connectivity index (χ0n) is 16.9. The molecular formula is C22H24N8. The third-order valence-electron chi connectivity index (χ3n) is 6.12. The molecule has 30 heavy (non-hydrogen) atoms. The summed E-state index contributed by atoms with van der Waals surface area (Å²) in [5, 5.41) is 11.9. The normalized spacial score (nSPS) is 21.3. The molecule has 8 nitrogen and oxygen atoms in total. The third-order valence-corrected chi connectivity index (χ3v) is 6.12. The van der Waals surface area contributed by atoms with E-state index in [9.17, 15) is 0 Å². The van der Waals surface area contributed by atoms with Crippen LogP contribution in [0.4, 0.5) is 17.3 Å². The highest BCUT2D eigenvalue weighted by Crippen LogP contribution is 2.29. The monoisotopic (exact) mass is 400 g/mol. The SMILES string of the molecule is C[C@H]1CCN1C1CCN(c2ccc(-n3cnc(Nc4cnc(C#N)cn4)c3)cc2)C1. The summed E-state index contributed by atoms with van der Waals surface area (Å²) in [7, 11) is 0. The van der Waals surface area contributed by atoms with Crippen LogP contribution in [0.3, 0.4) is 0 Å². The lowest BCUT2D eigenvalue weighted by molar-refractivity contribution is 0.0622. The Morgan fingerprint density at radius 2 is 1.83 bits per heavy atom. The van der Waals surface area contributed by atoms with Crippen LogP contribution >= 0.6 is 0 Å². The van der Waals surface area contributed by atoms with Gasteiger partial charge in [-0.15, -0.1) is 0 Å². The molecule has 0 radical (unpaired) electrons. The predicted molar refractivity (Wildman–Crippen MR) is 115 cm³/mol. The molecule has 0 saturated carbocycles. The molecule has 1 aromatic carbocycles. The maximum absolute atomic E-state index is 8.80. The smallest absolute Gasteiger partial charge is 0.158 e. The Kier molecular flexibility index (Phi) is 4.81. The number of anilines is 3. The largest absolute Gasteiger partial charge is 0.370 e. The Morgan fingerprint density at radius 3 is 2.50 bits per heavy atom. The summed E-state index contributed by atoms with van der Waals surface area (Å²) >= 11 is 0. The van der Waals surface area contributed by atoms with Crippen molar-refractivity contribution in [2.45, 2.75) is 31.8 Å². The van der Waals surface area contributed by atoms with Gasteiger partial charge < -0.3 is 14.8 Å². The molecular weight excluding hydrogens is 376 g/mol. The highest BCUT2D eigenvalue weighted by atomic mass is 15.3. The Bertz CT molecular complexity index is 1050. The van der Waals surface area contributed by atoms with Crippen LogP contribution in [-0.2, 0) is 0 Å². The van der Waals surface area contributed by atoms with Crippen LogP contribution in [0.5, 0.6) is 0 Å². The van der Waals surface area contributed by atoms with E-state index in [1.54, 1.807) is 6.33 Å². The average Bonchev–Trinajstić information content (AvgIpc) is 3.43. The zero-order chi connectivity index (χ0) is 20.5. The molecule has 0 amide bonds. The lowest BCUT2D eigenvalue weighted by Gasteiger charge is -2.43.